The fraction of sp³-hybridized carbons (Fsp3) is 0.364. The number of rotatable bonds is 2. The molecule has 14 heavy (non-hydrogen) atoms. The summed E-state index contributed by atoms with van der Waals surface area (Å²) >= 11 is 3.42. The predicted molar refractivity (Wildman–Crippen MR) is 62.3 cm³/mol. The van der Waals surface area contributed by atoms with Crippen molar-refractivity contribution >= 4 is 21.5 Å². The first kappa shape index (κ1) is 9.87. The van der Waals surface area contributed by atoms with E-state index in [1.54, 1.807) is 0 Å². The molecule has 0 unspecified atom stereocenters. The minimum Gasteiger partial charge on any atom is -0.312 e. The Hall–Kier alpha value is -0.670. The smallest absolute Gasteiger partial charge is 0.0675 e. The van der Waals surface area contributed by atoms with Crippen LogP contribution in [-0.4, -0.2) is 18.1 Å². The van der Waals surface area contributed by atoms with Crippen molar-refractivity contribution in [3.63, 3.8) is 0 Å². The average Bonchev–Trinajstić information content (AvgIpc) is 2.30. The van der Waals surface area contributed by atoms with E-state index in [4.69, 9.17) is 0 Å². The van der Waals surface area contributed by atoms with Crippen molar-refractivity contribution in [1.82, 2.24) is 10.3 Å². The Morgan fingerprint density at radius 2 is 2.36 bits per heavy atom. The van der Waals surface area contributed by atoms with Gasteiger partial charge in [0.15, 0.2) is 0 Å². The molecule has 0 spiro atoms. The van der Waals surface area contributed by atoms with E-state index in [0.717, 1.165) is 36.2 Å². The molecule has 2 nitrogen and oxygen atoms in total. The molecule has 0 aliphatic carbocycles. The van der Waals surface area contributed by atoms with Gasteiger partial charge in [-0.05, 0) is 30.7 Å². The summed E-state index contributed by atoms with van der Waals surface area (Å²) in [5, 5.41) is 4.17. The lowest BCUT2D eigenvalue weighted by Gasteiger charge is -2.13. The molecule has 0 radical (unpaired) electrons. The third-order valence-corrected chi connectivity index (χ3v) is 2.87. The van der Waals surface area contributed by atoms with E-state index in [0.29, 0.717) is 0 Å². The molecule has 0 atom stereocenters. The van der Waals surface area contributed by atoms with Crippen molar-refractivity contribution in [1.29, 1.82) is 0 Å². The van der Waals surface area contributed by atoms with E-state index in [9.17, 15) is 0 Å². The van der Waals surface area contributed by atoms with Gasteiger partial charge in [0.05, 0.1) is 11.4 Å². The molecule has 0 fully saturated rings. The van der Waals surface area contributed by atoms with Gasteiger partial charge in [0.25, 0.3) is 0 Å². The molecule has 1 N–H and O–H groups in total. The highest BCUT2D eigenvalue weighted by molar-refractivity contribution is 9.08. The quantitative estimate of drug-likeness (QED) is 0.818. The van der Waals surface area contributed by atoms with Crippen LogP contribution in [0.3, 0.4) is 0 Å². The number of pyridine rings is 1. The van der Waals surface area contributed by atoms with Crippen LogP contribution in [0.15, 0.2) is 24.3 Å². The van der Waals surface area contributed by atoms with Crippen LogP contribution >= 0.6 is 15.9 Å². The molecule has 0 saturated carbocycles. The zero-order chi connectivity index (χ0) is 9.80. The first-order valence-corrected chi connectivity index (χ1v) is 5.94. The first-order chi connectivity index (χ1) is 6.90. The Labute approximate surface area is 92.6 Å². The second kappa shape index (κ2) is 4.71. The largest absolute Gasteiger partial charge is 0.312 e. The van der Waals surface area contributed by atoms with E-state index in [-0.39, 0.29) is 0 Å². The summed E-state index contributed by atoms with van der Waals surface area (Å²) in [4.78, 5) is 4.56. The summed E-state index contributed by atoms with van der Waals surface area (Å²) in [6, 6.07) is 6.18. The maximum atomic E-state index is 4.56. The second-order valence-electron chi connectivity index (χ2n) is 3.34. The van der Waals surface area contributed by atoms with Crippen LogP contribution in [0.25, 0.3) is 5.57 Å². The zero-order valence-electron chi connectivity index (χ0n) is 7.96. The Balaban J connectivity index is 2.26. The highest BCUT2D eigenvalue weighted by atomic mass is 79.9. The summed E-state index contributed by atoms with van der Waals surface area (Å²) in [5.41, 5.74) is 3.52. The van der Waals surface area contributed by atoms with Crippen molar-refractivity contribution in [2.24, 2.45) is 0 Å². The minimum absolute atomic E-state index is 0.821. The molecule has 0 aromatic carbocycles. The predicted octanol–water partition coefficient (Wildman–Crippen LogP) is 2.35. The van der Waals surface area contributed by atoms with Crippen LogP contribution in [0, 0.1) is 0 Å². The third-order valence-electron chi connectivity index (χ3n) is 2.30. The first-order valence-electron chi connectivity index (χ1n) is 4.82. The fourth-order valence-corrected chi connectivity index (χ4v) is 1.88. The van der Waals surface area contributed by atoms with Crippen LogP contribution < -0.4 is 5.32 Å². The molecule has 1 aliphatic rings. The summed E-state index contributed by atoms with van der Waals surface area (Å²) < 4.78 is 0. The molecule has 3 heteroatoms. The third kappa shape index (κ3) is 2.22. The van der Waals surface area contributed by atoms with Crippen molar-refractivity contribution in [2.75, 3.05) is 13.1 Å². The van der Waals surface area contributed by atoms with E-state index in [1.165, 1.54) is 5.57 Å². The van der Waals surface area contributed by atoms with Crippen LogP contribution in [0.5, 0.6) is 0 Å². The van der Waals surface area contributed by atoms with Crippen LogP contribution in [0.4, 0.5) is 0 Å². The van der Waals surface area contributed by atoms with E-state index < -0.39 is 0 Å². The molecule has 1 aromatic rings. The zero-order valence-corrected chi connectivity index (χ0v) is 9.55. The number of alkyl halides is 1. The van der Waals surface area contributed by atoms with Gasteiger partial charge in [-0.3, -0.25) is 4.98 Å². The lowest BCUT2D eigenvalue weighted by atomic mass is 10.1. The van der Waals surface area contributed by atoms with E-state index in [2.05, 4.69) is 44.4 Å². The fourth-order valence-electron chi connectivity index (χ4n) is 1.57. The molecule has 0 amide bonds. The van der Waals surface area contributed by atoms with Crippen molar-refractivity contribution in [2.45, 2.75) is 11.8 Å². The average molecular weight is 253 g/mol. The summed E-state index contributed by atoms with van der Waals surface area (Å²) in [6.45, 7) is 2.03. The van der Waals surface area contributed by atoms with Crippen molar-refractivity contribution in [3.05, 3.63) is 35.7 Å². The molecule has 2 heterocycles. The number of hydrogen-bond acceptors (Lipinski definition) is 2. The van der Waals surface area contributed by atoms with Crippen molar-refractivity contribution in [3.8, 4) is 0 Å². The highest BCUT2D eigenvalue weighted by Gasteiger charge is 2.06. The van der Waals surface area contributed by atoms with Gasteiger partial charge in [-0.2, -0.15) is 0 Å². The number of aromatic nitrogens is 1. The van der Waals surface area contributed by atoms with Gasteiger partial charge < -0.3 is 5.32 Å². The lowest BCUT2D eigenvalue weighted by molar-refractivity contribution is 0.737. The molecule has 1 aromatic heterocycles. The molecule has 2 rings (SSSR count). The number of halogens is 1. The monoisotopic (exact) mass is 252 g/mol. The minimum atomic E-state index is 0.821. The van der Waals surface area contributed by atoms with Gasteiger partial charge >= 0.3 is 0 Å². The molecule has 74 valence electrons. The van der Waals surface area contributed by atoms with E-state index in [1.807, 2.05) is 6.07 Å². The van der Waals surface area contributed by atoms with Crippen LogP contribution in [0.1, 0.15) is 17.8 Å². The van der Waals surface area contributed by atoms with Crippen LogP contribution in [0.2, 0.25) is 0 Å². The molecule has 1 aliphatic heterocycles. The highest BCUT2D eigenvalue weighted by Crippen LogP contribution is 2.15. The maximum Gasteiger partial charge on any atom is 0.0675 e. The van der Waals surface area contributed by atoms with Gasteiger partial charge in [0.1, 0.15) is 0 Å². The van der Waals surface area contributed by atoms with Gasteiger partial charge in [0, 0.05) is 11.9 Å². The Bertz CT molecular complexity index is 347. The Morgan fingerprint density at radius 1 is 1.43 bits per heavy atom. The molecular weight excluding hydrogens is 240 g/mol. The number of hydrogen-bond donors (Lipinski definition) is 1. The van der Waals surface area contributed by atoms with E-state index >= 15 is 0 Å². The normalized spacial score (nSPS) is 16.5. The summed E-state index contributed by atoms with van der Waals surface area (Å²) in [5.74, 6) is 0. The number of nitrogens with zero attached hydrogens (tertiary/aromatic N) is 1. The topological polar surface area (TPSA) is 24.9 Å². The van der Waals surface area contributed by atoms with Gasteiger partial charge in [0.2, 0.25) is 0 Å². The molecular formula is C11H13BrN2. The van der Waals surface area contributed by atoms with Gasteiger partial charge in [-0.1, -0.05) is 28.1 Å². The SMILES string of the molecule is BrCc1cccc(C2=CCCNC2)n1. The Morgan fingerprint density at radius 3 is 3.07 bits per heavy atom. The van der Waals surface area contributed by atoms with Gasteiger partial charge in [-0.15, -0.1) is 0 Å². The number of nitrogens with one attached hydrogen (secondary N) is 1. The summed E-state index contributed by atoms with van der Waals surface area (Å²) in [7, 11) is 0. The molecule has 0 bridgehead atoms. The lowest BCUT2D eigenvalue weighted by Crippen LogP contribution is -2.21. The maximum absolute atomic E-state index is 4.56. The van der Waals surface area contributed by atoms with Crippen LogP contribution in [-0.2, 0) is 5.33 Å². The molecule has 0 saturated heterocycles. The second-order valence-corrected chi connectivity index (χ2v) is 3.90. The Kier molecular flexibility index (Phi) is 3.32. The van der Waals surface area contributed by atoms with Crippen molar-refractivity contribution < 1.29 is 0 Å². The summed E-state index contributed by atoms with van der Waals surface area (Å²) in [6.07, 6.45) is 3.38. The van der Waals surface area contributed by atoms with Gasteiger partial charge in [-0.25, -0.2) is 0 Å². The standard InChI is InChI=1S/C11H13BrN2/c12-7-10-4-1-5-11(14-10)9-3-2-6-13-8-9/h1,3-5,13H,2,6-8H2.